The van der Waals surface area contributed by atoms with Crippen molar-refractivity contribution in [2.45, 2.75) is 6.42 Å². The molecule has 0 unspecified atom stereocenters. The lowest BCUT2D eigenvalue weighted by Gasteiger charge is -2.26. The van der Waals surface area contributed by atoms with Crippen molar-refractivity contribution in [3.8, 4) is 0 Å². The van der Waals surface area contributed by atoms with Crippen molar-refractivity contribution in [2.75, 3.05) is 39.5 Å². The molecule has 0 N–H and O–H groups in total. The molecule has 1 aliphatic heterocycles. The molecule has 1 aromatic heterocycles. The molecule has 0 amide bonds. The van der Waals surface area contributed by atoms with E-state index in [4.69, 9.17) is 13.9 Å². The summed E-state index contributed by atoms with van der Waals surface area (Å²) >= 11 is 0. The maximum absolute atomic E-state index is 12.0. The molecule has 1 aliphatic rings. The van der Waals surface area contributed by atoms with E-state index in [-0.39, 0.29) is 12.2 Å². The largest absolute Gasteiger partial charge is 0.462 e. The molecule has 1 fully saturated rings. The van der Waals surface area contributed by atoms with Crippen LogP contribution in [-0.4, -0.2) is 50.3 Å². The lowest BCUT2D eigenvalue weighted by atomic mass is 10.2. The molecule has 0 radical (unpaired) electrons. The Morgan fingerprint density at radius 1 is 1.22 bits per heavy atom. The fourth-order valence-corrected chi connectivity index (χ4v) is 2.56. The van der Waals surface area contributed by atoms with E-state index in [9.17, 15) is 9.59 Å². The van der Waals surface area contributed by atoms with Gasteiger partial charge in [-0.15, -0.1) is 0 Å². The van der Waals surface area contributed by atoms with Crippen molar-refractivity contribution in [3.63, 3.8) is 0 Å². The topological polar surface area (TPSA) is 69.0 Å². The smallest absolute Gasteiger partial charge is 0.351 e. The Morgan fingerprint density at radius 2 is 2.00 bits per heavy atom. The third-order valence-electron chi connectivity index (χ3n) is 3.82. The number of morpholine rings is 1. The standard InChI is InChI=1S/C17H19NO5/c19-16(22-9-3-6-18-7-10-21-11-8-18)14-12-13-4-1-2-5-15(13)23-17(14)20/h1-2,4-5,12H,3,6-11H2. The van der Waals surface area contributed by atoms with Gasteiger partial charge in [0.2, 0.25) is 0 Å². The Morgan fingerprint density at radius 3 is 2.83 bits per heavy atom. The Kier molecular flexibility index (Phi) is 5.05. The molecule has 3 rings (SSSR count). The Bertz CT molecular complexity index is 733. The van der Waals surface area contributed by atoms with E-state index in [2.05, 4.69) is 4.90 Å². The zero-order valence-electron chi connectivity index (χ0n) is 12.8. The van der Waals surface area contributed by atoms with Crippen LogP contribution >= 0.6 is 0 Å². The van der Waals surface area contributed by atoms with Crippen molar-refractivity contribution >= 4 is 16.9 Å². The highest BCUT2D eigenvalue weighted by Crippen LogP contribution is 2.13. The molecule has 6 nitrogen and oxygen atoms in total. The first-order valence-corrected chi connectivity index (χ1v) is 7.74. The molecule has 122 valence electrons. The van der Waals surface area contributed by atoms with Crippen LogP contribution in [0.1, 0.15) is 16.8 Å². The maximum Gasteiger partial charge on any atom is 0.351 e. The molecule has 0 atom stereocenters. The van der Waals surface area contributed by atoms with Gasteiger partial charge < -0.3 is 13.9 Å². The average Bonchev–Trinajstić information content (AvgIpc) is 2.59. The second-order valence-electron chi connectivity index (χ2n) is 5.43. The monoisotopic (exact) mass is 317 g/mol. The third kappa shape index (κ3) is 3.97. The van der Waals surface area contributed by atoms with Crippen LogP contribution in [0.2, 0.25) is 0 Å². The summed E-state index contributed by atoms with van der Waals surface area (Å²) in [6, 6.07) is 8.59. The van der Waals surface area contributed by atoms with Gasteiger partial charge in [-0.05, 0) is 18.6 Å². The molecule has 0 aliphatic carbocycles. The number of hydrogen-bond donors (Lipinski definition) is 0. The van der Waals surface area contributed by atoms with Crippen molar-refractivity contribution in [1.29, 1.82) is 0 Å². The molecule has 1 saturated heterocycles. The highest BCUT2D eigenvalue weighted by Gasteiger charge is 2.15. The van der Waals surface area contributed by atoms with E-state index in [0.717, 1.165) is 39.3 Å². The molecule has 1 aromatic carbocycles. The van der Waals surface area contributed by atoms with Crippen LogP contribution in [0.3, 0.4) is 0 Å². The molecular formula is C17H19NO5. The summed E-state index contributed by atoms with van der Waals surface area (Å²) in [6.07, 6.45) is 0.727. The van der Waals surface area contributed by atoms with Crippen LogP contribution in [0.5, 0.6) is 0 Å². The van der Waals surface area contributed by atoms with Crippen LogP contribution in [0.15, 0.2) is 39.5 Å². The van der Waals surface area contributed by atoms with Gasteiger partial charge in [0, 0.05) is 25.0 Å². The summed E-state index contributed by atoms with van der Waals surface area (Å²) in [4.78, 5) is 26.2. The lowest BCUT2D eigenvalue weighted by Crippen LogP contribution is -2.37. The molecule has 0 spiro atoms. The number of esters is 1. The van der Waals surface area contributed by atoms with E-state index in [1.54, 1.807) is 18.2 Å². The molecular weight excluding hydrogens is 298 g/mol. The summed E-state index contributed by atoms with van der Waals surface area (Å²) in [7, 11) is 0. The van der Waals surface area contributed by atoms with Gasteiger partial charge in [-0.2, -0.15) is 0 Å². The van der Waals surface area contributed by atoms with Crippen LogP contribution in [0.4, 0.5) is 0 Å². The van der Waals surface area contributed by atoms with E-state index in [1.807, 2.05) is 6.07 Å². The van der Waals surface area contributed by atoms with Gasteiger partial charge in [0.25, 0.3) is 0 Å². The summed E-state index contributed by atoms with van der Waals surface area (Å²) in [6.45, 7) is 4.44. The van der Waals surface area contributed by atoms with Crippen molar-refractivity contribution < 1.29 is 18.7 Å². The van der Waals surface area contributed by atoms with E-state index < -0.39 is 11.6 Å². The highest BCUT2D eigenvalue weighted by atomic mass is 16.5. The molecule has 2 heterocycles. The summed E-state index contributed by atoms with van der Waals surface area (Å²) in [5.74, 6) is -0.633. The van der Waals surface area contributed by atoms with Crippen molar-refractivity contribution in [2.24, 2.45) is 0 Å². The number of para-hydroxylation sites is 1. The number of ether oxygens (including phenoxy) is 2. The maximum atomic E-state index is 12.0. The zero-order chi connectivity index (χ0) is 16.1. The fraction of sp³-hybridized carbons (Fsp3) is 0.412. The Balaban J connectivity index is 1.55. The first-order valence-electron chi connectivity index (χ1n) is 7.74. The van der Waals surface area contributed by atoms with Crippen LogP contribution < -0.4 is 5.63 Å². The van der Waals surface area contributed by atoms with E-state index in [0.29, 0.717) is 11.0 Å². The molecule has 6 heteroatoms. The van der Waals surface area contributed by atoms with Crippen molar-refractivity contribution in [1.82, 2.24) is 4.90 Å². The SMILES string of the molecule is O=C(OCCCN1CCOCC1)c1cc2ccccc2oc1=O. The summed E-state index contributed by atoms with van der Waals surface area (Å²) in [5.41, 5.74) is -0.265. The molecule has 2 aromatic rings. The first kappa shape index (κ1) is 15.7. The van der Waals surface area contributed by atoms with Gasteiger partial charge >= 0.3 is 11.6 Å². The van der Waals surface area contributed by atoms with Crippen molar-refractivity contribution in [3.05, 3.63) is 46.3 Å². The minimum absolute atomic E-state index is 0.0601. The van der Waals surface area contributed by atoms with E-state index in [1.165, 1.54) is 6.07 Å². The van der Waals surface area contributed by atoms with E-state index >= 15 is 0 Å². The minimum Gasteiger partial charge on any atom is -0.462 e. The van der Waals surface area contributed by atoms with Gasteiger partial charge in [-0.1, -0.05) is 18.2 Å². The van der Waals surface area contributed by atoms with Crippen LogP contribution in [-0.2, 0) is 9.47 Å². The Labute approximate surface area is 133 Å². The molecule has 23 heavy (non-hydrogen) atoms. The van der Waals surface area contributed by atoms with Gasteiger partial charge in [-0.25, -0.2) is 9.59 Å². The number of nitrogens with zero attached hydrogens (tertiary/aromatic N) is 1. The number of benzene rings is 1. The number of carbonyl (C=O) groups is 1. The third-order valence-corrected chi connectivity index (χ3v) is 3.82. The predicted molar refractivity (Wildman–Crippen MR) is 84.6 cm³/mol. The second kappa shape index (κ2) is 7.39. The fourth-order valence-electron chi connectivity index (χ4n) is 2.56. The number of rotatable bonds is 5. The number of carbonyl (C=O) groups excluding carboxylic acids is 1. The number of hydrogen-bond acceptors (Lipinski definition) is 6. The Hall–Kier alpha value is -2.18. The molecule has 0 saturated carbocycles. The zero-order valence-corrected chi connectivity index (χ0v) is 12.8. The molecule has 0 bridgehead atoms. The average molecular weight is 317 g/mol. The van der Waals surface area contributed by atoms with Gasteiger partial charge in [0.15, 0.2) is 0 Å². The lowest BCUT2D eigenvalue weighted by molar-refractivity contribution is 0.0297. The number of fused-ring (bicyclic) bond motifs is 1. The van der Waals surface area contributed by atoms with Crippen LogP contribution in [0, 0.1) is 0 Å². The summed E-state index contributed by atoms with van der Waals surface area (Å²) < 4.78 is 15.6. The van der Waals surface area contributed by atoms with Gasteiger partial charge in [0.1, 0.15) is 11.1 Å². The summed E-state index contributed by atoms with van der Waals surface area (Å²) in [5, 5.41) is 0.701. The predicted octanol–water partition coefficient (Wildman–Crippen LogP) is 1.67. The second-order valence-corrected chi connectivity index (χ2v) is 5.43. The highest BCUT2D eigenvalue weighted by molar-refractivity contribution is 5.92. The van der Waals surface area contributed by atoms with Gasteiger partial charge in [-0.3, -0.25) is 4.90 Å². The quantitative estimate of drug-likeness (QED) is 0.475. The van der Waals surface area contributed by atoms with Crippen LogP contribution in [0.25, 0.3) is 11.0 Å². The minimum atomic E-state index is -0.665. The normalized spacial score (nSPS) is 15.7. The first-order chi connectivity index (χ1) is 11.2. The van der Waals surface area contributed by atoms with Gasteiger partial charge in [0.05, 0.1) is 19.8 Å².